The maximum Gasteiger partial charge on any atom is 0.121 e. The molecular formula is C56H56IrN2OSi-2. The molecule has 1 radical (unpaired) electrons. The summed E-state index contributed by atoms with van der Waals surface area (Å²) in [4.78, 5) is 9.49. The summed E-state index contributed by atoms with van der Waals surface area (Å²) in [5, 5.41) is 3.75. The van der Waals surface area contributed by atoms with Crippen molar-refractivity contribution < 1.29 is 24.5 Å². The first-order valence-electron chi connectivity index (χ1n) is 22.1. The number of nitrogens with zero attached hydrogens (tertiary/aromatic N) is 2. The summed E-state index contributed by atoms with van der Waals surface area (Å²) in [7, 11) is -1.34. The molecule has 1 unspecified atom stereocenters. The van der Waals surface area contributed by atoms with Gasteiger partial charge in [-0.25, -0.2) is 0 Å². The number of furan rings is 1. The molecule has 0 aliphatic heterocycles. The number of aromatic nitrogens is 2. The van der Waals surface area contributed by atoms with Crippen molar-refractivity contribution in [3.63, 3.8) is 0 Å². The van der Waals surface area contributed by atoms with E-state index in [0.717, 1.165) is 75.0 Å². The predicted molar refractivity (Wildman–Crippen MR) is 254 cm³/mol. The Labute approximate surface area is 377 Å². The fraction of sp³-hybridized carbons (Fsp3) is 0.286. The van der Waals surface area contributed by atoms with Crippen LogP contribution in [0.4, 0.5) is 0 Å². The summed E-state index contributed by atoms with van der Waals surface area (Å²) < 4.78 is 6.57. The van der Waals surface area contributed by atoms with Gasteiger partial charge in [-0.15, -0.1) is 54.1 Å². The average Bonchev–Trinajstić information content (AvgIpc) is 3.67. The SMILES string of the molecule is CC(C)Cc1cc(-c2[c-]cccc2)ncc1[Si](C)(C)C.[Ir].[c-]1ccc2c(oc3cccc(-c4cccc(-c5ccccc5)c4)c32)c1-c1cc(CC2CC3CCC2CC3)ccn1. The van der Waals surface area contributed by atoms with Crippen LogP contribution in [-0.2, 0) is 32.9 Å². The number of fused-ring (bicyclic) bond motifs is 6. The Morgan fingerprint density at radius 3 is 2.23 bits per heavy atom. The fourth-order valence-corrected chi connectivity index (χ4v) is 11.6. The largest absolute Gasteiger partial charge is 0.501 e. The van der Waals surface area contributed by atoms with Gasteiger partial charge >= 0.3 is 0 Å². The smallest absolute Gasteiger partial charge is 0.121 e. The Morgan fingerprint density at radius 2 is 1.49 bits per heavy atom. The second-order valence-electron chi connectivity index (χ2n) is 18.7. The molecule has 1 atom stereocenters. The van der Waals surface area contributed by atoms with Gasteiger partial charge in [0.1, 0.15) is 5.58 Å². The van der Waals surface area contributed by atoms with Gasteiger partial charge in [-0.3, -0.25) is 0 Å². The molecular weight excluding hydrogens is 937 g/mol. The fourth-order valence-electron chi connectivity index (χ4n) is 10.0. The van der Waals surface area contributed by atoms with Crippen molar-refractivity contribution in [2.24, 2.45) is 23.7 Å². The maximum absolute atomic E-state index is 6.57. The van der Waals surface area contributed by atoms with E-state index in [9.17, 15) is 0 Å². The zero-order valence-corrected chi connectivity index (χ0v) is 39.6. The minimum Gasteiger partial charge on any atom is -0.501 e. The number of hydrogen-bond donors (Lipinski definition) is 0. The second kappa shape index (κ2) is 18.6. The van der Waals surface area contributed by atoms with E-state index in [4.69, 9.17) is 9.40 Å². The molecule has 3 fully saturated rings. The summed E-state index contributed by atoms with van der Waals surface area (Å²) in [5.41, 5.74) is 13.5. The van der Waals surface area contributed by atoms with Gasteiger partial charge in [0.05, 0.1) is 13.7 Å². The zero-order chi connectivity index (χ0) is 41.2. The molecule has 3 nitrogen and oxygen atoms in total. The molecule has 3 aliphatic rings. The van der Waals surface area contributed by atoms with Crippen LogP contribution in [0.5, 0.6) is 0 Å². The van der Waals surface area contributed by atoms with E-state index in [1.54, 1.807) is 0 Å². The van der Waals surface area contributed by atoms with Gasteiger partial charge in [0, 0.05) is 37.9 Å². The molecule has 61 heavy (non-hydrogen) atoms. The third kappa shape index (κ3) is 9.45. The number of rotatable bonds is 9. The number of hydrogen-bond acceptors (Lipinski definition) is 3. The molecule has 3 aromatic heterocycles. The molecule has 11 rings (SSSR count). The van der Waals surface area contributed by atoms with Gasteiger partial charge in [-0.1, -0.05) is 141 Å². The normalized spacial score (nSPS) is 17.2. The quantitative estimate of drug-likeness (QED) is 0.107. The van der Waals surface area contributed by atoms with Gasteiger partial charge in [0.2, 0.25) is 0 Å². The van der Waals surface area contributed by atoms with Gasteiger partial charge in [-0.2, -0.15) is 0 Å². The Balaban J connectivity index is 0.000000208. The standard InChI is InChI=1S/C38H32NO.C18H24NSi.Ir/c1-2-7-27(8-3-1)29-9-4-10-30(24-29)32-11-6-14-36-37(32)34-13-5-12-33(38(34)40-36)35-23-26(19-20-39-35)22-31-21-25-15-17-28(31)18-16-25;1-14(2)11-16-12-17(15-9-7-6-8-10-15)19-13-18(16)20(3,4)5;/h1-11,13-14,19-20,23-25,28,31H,15-18,21-22H2;6-9,12-14H,11H2,1-5H3;/q2*-1;. The Kier molecular flexibility index (Phi) is 13.0. The van der Waals surface area contributed by atoms with Crippen LogP contribution in [0.2, 0.25) is 19.6 Å². The molecule has 0 spiro atoms. The van der Waals surface area contributed by atoms with Gasteiger partial charge < -0.3 is 14.4 Å². The van der Waals surface area contributed by atoms with E-state index < -0.39 is 8.07 Å². The first-order chi connectivity index (χ1) is 29.2. The van der Waals surface area contributed by atoms with Crippen LogP contribution in [-0.4, -0.2) is 18.0 Å². The van der Waals surface area contributed by atoms with Crippen LogP contribution in [0.3, 0.4) is 0 Å². The molecule has 3 saturated carbocycles. The van der Waals surface area contributed by atoms with Crippen LogP contribution in [0.1, 0.15) is 57.1 Å². The van der Waals surface area contributed by atoms with E-state index in [-0.39, 0.29) is 20.1 Å². The number of benzene rings is 5. The Bertz CT molecular complexity index is 2730. The monoisotopic (exact) mass is 993 g/mol. The summed E-state index contributed by atoms with van der Waals surface area (Å²) in [6, 6.07) is 51.5. The van der Waals surface area contributed by atoms with Gasteiger partial charge in [0.15, 0.2) is 0 Å². The van der Waals surface area contributed by atoms with Crippen molar-refractivity contribution in [2.45, 2.75) is 78.4 Å². The van der Waals surface area contributed by atoms with Crippen molar-refractivity contribution in [3.05, 3.63) is 163 Å². The third-order valence-electron chi connectivity index (χ3n) is 12.9. The molecule has 0 saturated heterocycles. The topological polar surface area (TPSA) is 38.9 Å². The van der Waals surface area contributed by atoms with Crippen LogP contribution in [0.25, 0.3) is 66.7 Å². The second-order valence-corrected chi connectivity index (χ2v) is 23.7. The van der Waals surface area contributed by atoms with Crippen molar-refractivity contribution in [1.82, 2.24) is 9.97 Å². The van der Waals surface area contributed by atoms with E-state index in [0.29, 0.717) is 5.92 Å². The minimum absolute atomic E-state index is 0. The molecule has 2 bridgehead atoms. The van der Waals surface area contributed by atoms with E-state index in [2.05, 4.69) is 160 Å². The molecule has 311 valence electrons. The van der Waals surface area contributed by atoms with E-state index in [1.165, 1.54) is 70.7 Å². The molecule has 3 heterocycles. The van der Waals surface area contributed by atoms with Crippen LogP contribution in [0.15, 0.2) is 144 Å². The van der Waals surface area contributed by atoms with Crippen molar-refractivity contribution in [1.29, 1.82) is 0 Å². The summed E-state index contributed by atoms with van der Waals surface area (Å²) in [5.74, 6) is 3.35. The molecule has 0 amide bonds. The van der Waals surface area contributed by atoms with Crippen molar-refractivity contribution in [3.8, 4) is 44.8 Å². The van der Waals surface area contributed by atoms with Crippen LogP contribution >= 0.6 is 0 Å². The summed E-state index contributed by atoms with van der Waals surface area (Å²) >= 11 is 0. The van der Waals surface area contributed by atoms with Crippen LogP contribution < -0.4 is 5.19 Å². The minimum atomic E-state index is -1.34. The Hall–Kier alpha value is -4.93. The molecule has 8 aromatic rings. The molecule has 5 heteroatoms. The zero-order valence-electron chi connectivity index (χ0n) is 36.2. The first kappa shape index (κ1) is 42.7. The maximum atomic E-state index is 6.57. The number of pyridine rings is 2. The van der Waals surface area contributed by atoms with E-state index in [1.807, 2.05) is 30.5 Å². The van der Waals surface area contributed by atoms with E-state index >= 15 is 0 Å². The Morgan fingerprint density at radius 1 is 0.721 bits per heavy atom. The summed E-state index contributed by atoms with van der Waals surface area (Å²) in [6.45, 7) is 11.7. The van der Waals surface area contributed by atoms with Crippen LogP contribution in [0, 0.1) is 35.8 Å². The molecule has 0 N–H and O–H groups in total. The molecule has 5 aromatic carbocycles. The summed E-state index contributed by atoms with van der Waals surface area (Å²) in [6.07, 6.45) is 13.5. The van der Waals surface area contributed by atoms with Crippen molar-refractivity contribution in [2.75, 3.05) is 0 Å². The average molecular weight is 993 g/mol. The molecule has 3 aliphatic carbocycles. The van der Waals surface area contributed by atoms with Crippen molar-refractivity contribution >= 4 is 35.2 Å². The predicted octanol–water partition coefficient (Wildman–Crippen LogP) is 14.4. The third-order valence-corrected chi connectivity index (χ3v) is 15.0. The van der Waals surface area contributed by atoms with Gasteiger partial charge in [-0.05, 0) is 113 Å². The first-order valence-corrected chi connectivity index (χ1v) is 25.6. The van der Waals surface area contributed by atoms with Gasteiger partial charge in [0.25, 0.3) is 0 Å².